The normalized spacial score (nSPS) is 13.2. The maximum Gasteiger partial charge on any atom is 0.0555 e. The summed E-state index contributed by atoms with van der Waals surface area (Å²) < 4.78 is 0. The molecule has 0 aliphatic carbocycles. The first-order valence-electron chi connectivity index (χ1n) is 5.62. The molecule has 0 amide bonds. The highest BCUT2D eigenvalue weighted by molar-refractivity contribution is 4.57. The van der Waals surface area contributed by atoms with Crippen molar-refractivity contribution in [3.63, 3.8) is 0 Å². The SMILES string of the molecule is CCCCCCC(C)CNCCO. The number of aliphatic hydroxyl groups is 1. The number of hydrogen-bond donors (Lipinski definition) is 2. The van der Waals surface area contributed by atoms with Gasteiger partial charge in [-0.25, -0.2) is 0 Å². The van der Waals surface area contributed by atoms with Crippen LogP contribution in [0.5, 0.6) is 0 Å². The lowest BCUT2D eigenvalue weighted by Crippen LogP contribution is -2.24. The van der Waals surface area contributed by atoms with E-state index in [1.54, 1.807) is 0 Å². The molecule has 2 nitrogen and oxygen atoms in total. The molecule has 1 unspecified atom stereocenters. The quantitative estimate of drug-likeness (QED) is 0.542. The Morgan fingerprint density at radius 3 is 2.62 bits per heavy atom. The van der Waals surface area contributed by atoms with Crippen LogP contribution >= 0.6 is 0 Å². The van der Waals surface area contributed by atoms with Crippen molar-refractivity contribution in [2.75, 3.05) is 19.7 Å². The molecule has 0 spiro atoms. The van der Waals surface area contributed by atoms with Crippen molar-refractivity contribution in [2.45, 2.75) is 46.0 Å². The number of rotatable bonds is 9. The van der Waals surface area contributed by atoms with E-state index in [9.17, 15) is 0 Å². The fourth-order valence-electron chi connectivity index (χ4n) is 1.45. The molecule has 0 saturated heterocycles. The van der Waals surface area contributed by atoms with E-state index in [-0.39, 0.29) is 6.61 Å². The van der Waals surface area contributed by atoms with E-state index in [4.69, 9.17) is 5.11 Å². The Bertz CT molecular complexity index is 96.1. The molecule has 0 rings (SSSR count). The molecule has 0 aromatic carbocycles. The molecule has 80 valence electrons. The second-order valence-corrected chi connectivity index (χ2v) is 3.88. The summed E-state index contributed by atoms with van der Waals surface area (Å²) in [4.78, 5) is 0. The van der Waals surface area contributed by atoms with Crippen LogP contribution in [0, 0.1) is 5.92 Å². The number of unbranched alkanes of at least 4 members (excludes halogenated alkanes) is 3. The van der Waals surface area contributed by atoms with Gasteiger partial charge in [0.2, 0.25) is 0 Å². The van der Waals surface area contributed by atoms with Crippen molar-refractivity contribution in [2.24, 2.45) is 5.92 Å². The van der Waals surface area contributed by atoms with Crippen molar-refractivity contribution < 1.29 is 5.11 Å². The standard InChI is InChI=1S/C11H25NO/c1-3-4-5-6-7-11(2)10-12-8-9-13/h11-13H,3-10H2,1-2H3. The maximum atomic E-state index is 8.56. The predicted octanol–water partition coefficient (Wildman–Crippen LogP) is 2.17. The molecule has 2 heteroatoms. The number of hydrogen-bond acceptors (Lipinski definition) is 2. The van der Waals surface area contributed by atoms with E-state index in [0.29, 0.717) is 0 Å². The van der Waals surface area contributed by atoms with Crippen LogP contribution in [0.2, 0.25) is 0 Å². The molecule has 0 saturated carbocycles. The van der Waals surface area contributed by atoms with Gasteiger partial charge in [0.25, 0.3) is 0 Å². The zero-order valence-electron chi connectivity index (χ0n) is 9.18. The molecule has 2 N–H and O–H groups in total. The summed E-state index contributed by atoms with van der Waals surface area (Å²) in [6, 6.07) is 0. The van der Waals surface area contributed by atoms with Crippen LogP contribution in [-0.2, 0) is 0 Å². The van der Waals surface area contributed by atoms with Crippen molar-refractivity contribution in [3.05, 3.63) is 0 Å². The summed E-state index contributed by atoms with van der Waals surface area (Å²) in [5, 5.41) is 11.8. The molecular weight excluding hydrogens is 162 g/mol. The van der Waals surface area contributed by atoms with Crippen LogP contribution in [0.1, 0.15) is 46.0 Å². The lowest BCUT2D eigenvalue weighted by molar-refractivity contribution is 0.287. The van der Waals surface area contributed by atoms with E-state index in [1.807, 2.05) is 0 Å². The first-order chi connectivity index (χ1) is 6.31. The summed E-state index contributed by atoms with van der Waals surface area (Å²) in [6.45, 7) is 6.55. The third kappa shape index (κ3) is 9.84. The van der Waals surface area contributed by atoms with Gasteiger partial charge in [0.05, 0.1) is 6.61 Å². The van der Waals surface area contributed by atoms with Gasteiger partial charge in [0.15, 0.2) is 0 Å². The molecule has 0 bridgehead atoms. The van der Waals surface area contributed by atoms with Gasteiger partial charge in [-0.2, -0.15) is 0 Å². The van der Waals surface area contributed by atoms with Gasteiger partial charge in [0.1, 0.15) is 0 Å². The molecule has 0 aliphatic rings. The highest BCUT2D eigenvalue weighted by atomic mass is 16.3. The molecule has 0 fully saturated rings. The van der Waals surface area contributed by atoms with Crippen molar-refractivity contribution >= 4 is 0 Å². The van der Waals surface area contributed by atoms with Gasteiger partial charge in [0, 0.05) is 6.54 Å². The van der Waals surface area contributed by atoms with Crippen LogP contribution in [0.15, 0.2) is 0 Å². The molecule has 1 atom stereocenters. The molecule has 13 heavy (non-hydrogen) atoms. The molecule has 0 aliphatic heterocycles. The van der Waals surface area contributed by atoms with Crippen LogP contribution in [0.4, 0.5) is 0 Å². The Morgan fingerprint density at radius 2 is 2.00 bits per heavy atom. The molecule has 0 aromatic rings. The van der Waals surface area contributed by atoms with E-state index in [1.165, 1.54) is 32.1 Å². The van der Waals surface area contributed by atoms with E-state index in [2.05, 4.69) is 19.2 Å². The smallest absolute Gasteiger partial charge is 0.0555 e. The number of nitrogens with one attached hydrogen (secondary N) is 1. The Labute approximate surface area is 82.7 Å². The fraction of sp³-hybridized carbons (Fsp3) is 1.00. The summed E-state index contributed by atoms with van der Waals surface area (Å²) >= 11 is 0. The average molecular weight is 187 g/mol. The Morgan fingerprint density at radius 1 is 1.23 bits per heavy atom. The third-order valence-corrected chi connectivity index (χ3v) is 2.33. The van der Waals surface area contributed by atoms with Crippen molar-refractivity contribution in [1.82, 2.24) is 5.32 Å². The first kappa shape index (κ1) is 12.9. The Kier molecular flexibility index (Phi) is 9.94. The van der Waals surface area contributed by atoms with Crippen LogP contribution in [0.25, 0.3) is 0 Å². The highest BCUT2D eigenvalue weighted by Crippen LogP contribution is 2.09. The van der Waals surface area contributed by atoms with E-state index < -0.39 is 0 Å². The highest BCUT2D eigenvalue weighted by Gasteiger charge is 2.00. The predicted molar refractivity (Wildman–Crippen MR) is 57.9 cm³/mol. The monoisotopic (exact) mass is 187 g/mol. The van der Waals surface area contributed by atoms with E-state index in [0.717, 1.165) is 19.0 Å². The van der Waals surface area contributed by atoms with Crippen molar-refractivity contribution in [3.8, 4) is 0 Å². The van der Waals surface area contributed by atoms with Gasteiger partial charge in [-0.1, -0.05) is 39.5 Å². The van der Waals surface area contributed by atoms with Crippen LogP contribution in [0.3, 0.4) is 0 Å². The van der Waals surface area contributed by atoms with Crippen LogP contribution < -0.4 is 5.32 Å². The lowest BCUT2D eigenvalue weighted by Gasteiger charge is -2.11. The fourth-order valence-corrected chi connectivity index (χ4v) is 1.45. The summed E-state index contributed by atoms with van der Waals surface area (Å²) in [5.74, 6) is 0.753. The van der Waals surface area contributed by atoms with Gasteiger partial charge < -0.3 is 10.4 Å². The average Bonchev–Trinajstić information content (AvgIpc) is 2.13. The molecule has 0 aromatic heterocycles. The minimum Gasteiger partial charge on any atom is -0.395 e. The molecule has 0 heterocycles. The zero-order chi connectivity index (χ0) is 9.94. The zero-order valence-corrected chi connectivity index (χ0v) is 9.18. The first-order valence-corrected chi connectivity index (χ1v) is 5.62. The van der Waals surface area contributed by atoms with Gasteiger partial charge in [-0.05, 0) is 18.9 Å². The maximum absolute atomic E-state index is 8.56. The van der Waals surface area contributed by atoms with Gasteiger partial charge in [-0.15, -0.1) is 0 Å². The van der Waals surface area contributed by atoms with E-state index >= 15 is 0 Å². The number of aliphatic hydroxyl groups excluding tert-OH is 1. The van der Waals surface area contributed by atoms with Crippen molar-refractivity contribution in [1.29, 1.82) is 0 Å². The van der Waals surface area contributed by atoms with Crippen LogP contribution in [-0.4, -0.2) is 24.8 Å². The largest absolute Gasteiger partial charge is 0.395 e. The minimum atomic E-state index is 0.253. The Balaban J connectivity index is 3.05. The van der Waals surface area contributed by atoms with Gasteiger partial charge >= 0.3 is 0 Å². The Hall–Kier alpha value is -0.0800. The lowest BCUT2D eigenvalue weighted by atomic mass is 10.0. The second-order valence-electron chi connectivity index (χ2n) is 3.88. The molecule has 0 radical (unpaired) electrons. The third-order valence-electron chi connectivity index (χ3n) is 2.33. The summed E-state index contributed by atoms with van der Waals surface area (Å²) in [5.41, 5.74) is 0. The van der Waals surface area contributed by atoms with Gasteiger partial charge in [-0.3, -0.25) is 0 Å². The summed E-state index contributed by atoms with van der Waals surface area (Å²) in [7, 11) is 0. The summed E-state index contributed by atoms with van der Waals surface area (Å²) in [6.07, 6.45) is 6.74. The second kappa shape index (κ2) is 10.0. The minimum absolute atomic E-state index is 0.253. The molecular formula is C11H25NO. The topological polar surface area (TPSA) is 32.3 Å².